The molecule has 2 rings (SSSR count). The lowest BCUT2D eigenvalue weighted by Crippen LogP contribution is -2.07. The van der Waals surface area contributed by atoms with Crippen molar-refractivity contribution in [2.24, 2.45) is 7.05 Å². The Morgan fingerprint density at radius 3 is 2.81 bits per heavy atom. The molecule has 16 heavy (non-hydrogen) atoms. The number of fused-ring (bicyclic) bond motifs is 1. The van der Waals surface area contributed by atoms with Crippen LogP contribution in [0.15, 0.2) is 28.9 Å². The van der Waals surface area contributed by atoms with Crippen molar-refractivity contribution in [1.29, 1.82) is 0 Å². The van der Waals surface area contributed by atoms with E-state index in [1.807, 2.05) is 36.0 Å². The highest BCUT2D eigenvalue weighted by Crippen LogP contribution is 2.32. The number of carboxylic acids is 1. The van der Waals surface area contributed by atoms with E-state index in [0.717, 1.165) is 20.9 Å². The molecule has 1 atom stereocenters. The van der Waals surface area contributed by atoms with Gasteiger partial charge in [0.2, 0.25) is 0 Å². The van der Waals surface area contributed by atoms with E-state index in [2.05, 4.69) is 15.9 Å². The number of nitrogens with zero attached hydrogens (tertiary/aromatic N) is 1. The molecule has 84 valence electrons. The molecule has 1 unspecified atom stereocenters. The third kappa shape index (κ3) is 1.63. The number of rotatable bonds is 2. The third-order valence-electron chi connectivity index (χ3n) is 2.84. The van der Waals surface area contributed by atoms with Crippen molar-refractivity contribution in [3.05, 3.63) is 34.4 Å². The lowest BCUT2D eigenvalue weighted by Gasteiger charge is -2.09. The molecular formula is C12H12BrNO2. The number of benzene rings is 1. The van der Waals surface area contributed by atoms with Gasteiger partial charge in [0.25, 0.3) is 0 Å². The van der Waals surface area contributed by atoms with E-state index in [1.165, 1.54) is 0 Å². The van der Waals surface area contributed by atoms with Crippen LogP contribution in [0, 0.1) is 0 Å². The molecular weight excluding hydrogens is 270 g/mol. The molecule has 4 heteroatoms. The molecule has 1 aromatic heterocycles. The van der Waals surface area contributed by atoms with Crippen molar-refractivity contribution in [2.75, 3.05) is 0 Å². The van der Waals surface area contributed by atoms with Gasteiger partial charge in [0.1, 0.15) is 0 Å². The highest BCUT2D eigenvalue weighted by atomic mass is 79.9. The average Bonchev–Trinajstić information content (AvgIpc) is 2.54. The summed E-state index contributed by atoms with van der Waals surface area (Å²) in [7, 11) is 1.95. The number of hydrogen-bond donors (Lipinski definition) is 1. The van der Waals surface area contributed by atoms with Crippen LogP contribution in [-0.2, 0) is 11.8 Å². The molecule has 0 fully saturated rings. The number of carboxylic acid groups (broad SMARTS) is 1. The Kier molecular flexibility index (Phi) is 2.76. The molecule has 1 aromatic carbocycles. The van der Waals surface area contributed by atoms with E-state index in [0.29, 0.717) is 0 Å². The predicted molar refractivity (Wildman–Crippen MR) is 66.7 cm³/mol. The molecule has 0 saturated heterocycles. The fourth-order valence-electron chi connectivity index (χ4n) is 1.91. The zero-order valence-electron chi connectivity index (χ0n) is 9.07. The number of aromatic nitrogens is 1. The van der Waals surface area contributed by atoms with Crippen LogP contribution in [0.2, 0.25) is 0 Å². The van der Waals surface area contributed by atoms with Crippen molar-refractivity contribution >= 4 is 32.8 Å². The minimum atomic E-state index is -0.803. The molecule has 0 saturated carbocycles. The first kappa shape index (κ1) is 11.2. The van der Waals surface area contributed by atoms with Crippen LogP contribution in [0.5, 0.6) is 0 Å². The highest BCUT2D eigenvalue weighted by Gasteiger charge is 2.18. The molecule has 2 aromatic rings. The van der Waals surface area contributed by atoms with Gasteiger partial charge in [0, 0.05) is 28.6 Å². The lowest BCUT2D eigenvalue weighted by molar-refractivity contribution is -0.138. The smallest absolute Gasteiger partial charge is 0.310 e. The molecule has 0 aliphatic rings. The highest BCUT2D eigenvalue weighted by molar-refractivity contribution is 9.10. The fourth-order valence-corrected chi connectivity index (χ4v) is 2.65. The van der Waals surface area contributed by atoms with E-state index in [4.69, 9.17) is 5.11 Å². The van der Waals surface area contributed by atoms with Gasteiger partial charge >= 0.3 is 5.97 Å². The largest absolute Gasteiger partial charge is 0.481 e. The minimum Gasteiger partial charge on any atom is -0.481 e. The number of aryl methyl sites for hydroxylation is 1. The first-order valence-electron chi connectivity index (χ1n) is 4.98. The maximum atomic E-state index is 11.0. The predicted octanol–water partition coefficient (Wildman–Crippen LogP) is 3.13. The van der Waals surface area contributed by atoms with Crippen molar-refractivity contribution in [3.8, 4) is 0 Å². The summed E-state index contributed by atoms with van der Waals surface area (Å²) >= 11 is 3.47. The number of halogens is 1. The standard InChI is InChI=1S/C12H12BrNO2/c1-7(12(15)16)8-4-3-5-10-11(8)9(13)6-14(10)2/h3-7H,1-2H3,(H,15,16). The van der Waals surface area contributed by atoms with E-state index < -0.39 is 11.9 Å². The fraction of sp³-hybridized carbons (Fsp3) is 0.250. The monoisotopic (exact) mass is 281 g/mol. The van der Waals surface area contributed by atoms with Crippen molar-refractivity contribution < 1.29 is 9.90 Å². The Hall–Kier alpha value is -1.29. The number of aliphatic carboxylic acids is 1. The molecule has 0 amide bonds. The van der Waals surface area contributed by atoms with Crippen LogP contribution in [0.4, 0.5) is 0 Å². The maximum Gasteiger partial charge on any atom is 0.310 e. The molecule has 0 spiro atoms. The average molecular weight is 282 g/mol. The Balaban J connectivity index is 2.75. The summed E-state index contributed by atoms with van der Waals surface area (Å²) in [5.74, 6) is -1.30. The van der Waals surface area contributed by atoms with Crippen molar-refractivity contribution in [3.63, 3.8) is 0 Å². The topological polar surface area (TPSA) is 42.2 Å². The van der Waals surface area contributed by atoms with Crippen LogP contribution in [0.1, 0.15) is 18.4 Å². The third-order valence-corrected chi connectivity index (χ3v) is 3.44. The first-order valence-corrected chi connectivity index (χ1v) is 5.78. The second-order valence-corrected chi connectivity index (χ2v) is 4.74. The van der Waals surface area contributed by atoms with Gasteiger partial charge in [-0.2, -0.15) is 0 Å². The number of carbonyl (C=O) groups is 1. The van der Waals surface area contributed by atoms with Gasteiger partial charge in [-0.25, -0.2) is 0 Å². The maximum absolute atomic E-state index is 11.0. The van der Waals surface area contributed by atoms with E-state index >= 15 is 0 Å². The Bertz CT molecular complexity index is 559. The Labute approximate surface area is 102 Å². The molecule has 0 aliphatic heterocycles. The second kappa shape index (κ2) is 3.94. The lowest BCUT2D eigenvalue weighted by atomic mass is 9.98. The van der Waals surface area contributed by atoms with E-state index in [1.54, 1.807) is 6.92 Å². The van der Waals surface area contributed by atoms with E-state index in [9.17, 15) is 4.79 Å². The number of hydrogen-bond acceptors (Lipinski definition) is 1. The van der Waals surface area contributed by atoms with Gasteiger partial charge in [-0.1, -0.05) is 12.1 Å². The van der Waals surface area contributed by atoms with Gasteiger partial charge in [0.15, 0.2) is 0 Å². The summed E-state index contributed by atoms with van der Waals surface area (Å²) in [6, 6.07) is 5.74. The molecule has 0 radical (unpaired) electrons. The first-order chi connectivity index (χ1) is 7.52. The van der Waals surface area contributed by atoms with Crippen LogP contribution in [-0.4, -0.2) is 15.6 Å². The van der Waals surface area contributed by atoms with Crippen LogP contribution >= 0.6 is 15.9 Å². The van der Waals surface area contributed by atoms with Gasteiger partial charge in [0.05, 0.1) is 5.92 Å². The molecule has 1 N–H and O–H groups in total. The van der Waals surface area contributed by atoms with Gasteiger partial charge in [-0.05, 0) is 34.5 Å². The summed E-state index contributed by atoms with van der Waals surface area (Å²) in [4.78, 5) is 11.0. The molecule has 0 aliphatic carbocycles. The van der Waals surface area contributed by atoms with Gasteiger partial charge in [-0.3, -0.25) is 4.79 Å². The van der Waals surface area contributed by atoms with Gasteiger partial charge in [-0.15, -0.1) is 0 Å². The Morgan fingerprint density at radius 1 is 1.50 bits per heavy atom. The summed E-state index contributed by atoms with van der Waals surface area (Å²) in [5, 5.41) is 10.1. The van der Waals surface area contributed by atoms with Crippen molar-refractivity contribution in [1.82, 2.24) is 4.57 Å². The second-order valence-electron chi connectivity index (χ2n) is 3.89. The SMILES string of the molecule is CC(C(=O)O)c1cccc2c1c(Br)cn2C. The van der Waals surface area contributed by atoms with Gasteiger partial charge < -0.3 is 9.67 Å². The molecule has 3 nitrogen and oxygen atoms in total. The van der Waals surface area contributed by atoms with Crippen LogP contribution < -0.4 is 0 Å². The van der Waals surface area contributed by atoms with E-state index in [-0.39, 0.29) is 0 Å². The van der Waals surface area contributed by atoms with Crippen LogP contribution in [0.3, 0.4) is 0 Å². The summed E-state index contributed by atoms with van der Waals surface area (Å²) in [6.45, 7) is 1.70. The zero-order chi connectivity index (χ0) is 11.9. The summed E-state index contributed by atoms with van der Waals surface area (Å²) < 4.78 is 2.92. The molecule has 0 bridgehead atoms. The van der Waals surface area contributed by atoms with Crippen molar-refractivity contribution in [2.45, 2.75) is 12.8 Å². The normalized spacial score (nSPS) is 12.9. The molecule has 1 heterocycles. The Morgan fingerprint density at radius 2 is 2.19 bits per heavy atom. The quantitative estimate of drug-likeness (QED) is 0.919. The van der Waals surface area contributed by atoms with Crippen LogP contribution in [0.25, 0.3) is 10.9 Å². The summed E-state index contributed by atoms with van der Waals surface area (Å²) in [5.41, 5.74) is 1.88. The minimum absolute atomic E-state index is 0.498. The zero-order valence-corrected chi connectivity index (χ0v) is 10.7. The summed E-state index contributed by atoms with van der Waals surface area (Å²) in [6.07, 6.45) is 1.95.